The van der Waals surface area contributed by atoms with E-state index in [0.29, 0.717) is 18.1 Å². The summed E-state index contributed by atoms with van der Waals surface area (Å²) < 4.78 is 0. The van der Waals surface area contributed by atoms with Crippen molar-refractivity contribution in [1.82, 2.24) is 5.32 Å². The Morgan fingerprint density at radius 3 is 2.64 bits per heavy atom. The molecule has 2 N–H and O–H groups in total. The molecule has 0 heterocycles. The molecule has 0 spiro atoms. The van der Waals surface area contributed by atoms with Gasteiger partial charge >= 0.3 is 0 Å². The van der Waals surface area contributed by atoms with Crippen LogP contribution in [-0.4, -0.2) is 24.3 Å². The highest BCUT2D eigenvalue weighted by atomic mass is 16.2. The average Bonchev–Trinajstić information content (AvgIpc) is 3.03. The molecule has 14 heavy (non-hydrogen) atoms. The molecule has 0 aromatic carbocycles. The quantitative estimate of drug-likeness (QED) is 0.653. The number of aliphatic hydroxyl groups is 1. The van der Waals surface area contributed by atoms with Crippen molar-refractivity contribution in [1.29, 1.82) is 0 Å². The molecule has 2 rings (SSSR count). The Hall–Kier alpha value is -0.0800. The summed E-state index contributed by atoms with van der Waals surface area (Å²) in [6, 6.07) is 0.582. The van der Waals surface area contributed by atoms with Crippen molar-refractivity contribution in [3.63, 3.8) is 0 Å². The lowest BCUT2D eigenvalue weighted by atomic mass is 10.00. The SMILES string of the molecule is CC(CCCO)NCC1(C2CC2)CC1. The fraction of sp³-hybridized carbons (Fsp3) is 1.00. The molecule has 2 saturated carbocycles. The first kappa shape index (κ1) is 10.4. The molecule has 2 nitrogen and oxygen atoms in total. The summed E-state index contributed by atoms with van der Waals surface area (Å²) in [5.74, 6) is 1.06. The number of hydrogen-bond donors (Lipinski definition) is 2. The predicted molar refractivity (Wildman–Crippen MR) is 58.2 cm³/mol. The van der Waals surface area contributed by atoms with Crippen molar-refractivity contribution >= 4 is 0 Å². The maximum absolute atomic E-state index is 8.73. The van der Waals surface area contributed by atoms with Crippen molar-refractivity contribution < 1.29 is 5.11 Å². The molecule has 2 fully saturated rings. The minimum absolute atomic E-state index is 0.333. The number of hydrogen-bond acceptors (Lipinski definition) is 2. The van der Waals surface area contributed by atoms with Crippen molar-refractivity contribution in [2.75, 3.05) is 13.2 Å². The Bertz CT molecular complexity index is 185. The van der Waals surface area contributed by atoms with E-state index >= 15 is 0 Å². The molecule has 2 heteroatoms. The minimum Gasteiger partial charge on any atom is -0.396 e. The van der Waals surface area contributed by atoms with Gasteiger partial charge in [0, 0.05) is 19.2 Å². The van der Waals surface area contributed by atoms with E-state index < -0.39 is 0 Å². The second-order valence-corrected chi connectivity index (χ2v) is 5.28. The van der Waals surface area contributed by atoms with Crippen LogP contribution in [0.5, 0.6) is 0 Å². The third-order valence-electron chi connectivity index (χ3n) is 3.93. The normalized spacial score (nSPS) is 26.1. The van der Waals surface area contributed by atoms with E-state index in [-0.39, 0.29) is 0 Å². The highest BCUT2D eigenvalue weighted by Crippen LogP contribution is 2.60. The maximum Gasteiger partial charge on any atom is 0.0431 e. The predicted octanol–water partition coefficient (Wildman–Crippen LogP) is 1.93. The lowest BCUT2D eigenvalue weighted by molar-refractivity contribution is 0.273. The Labute approximate surface area is 87.1 Å². The molecule has 1 unspecified atom stereocenters. The van der Waals surface area contributed by atoms with Crippen molar-refractivity contribution in [2.24, 2.45) is 11.3 Å². The highest BCUT2D eigenvalue weighted by Gasteiger charge is 2.53. The van der Waals surface area contributed by atoms with Gasteiger partial charge in [-0.2, -0.15) is 0 Å². The summed E-state index contributed by atoms with van der Waals surface area (Å²) in [7, 11) is 0. The van der Waals surface area contributed by atoms with Gasteiger partial charge in [0.15, 0.2) is 0 Å². The second-order valence-electron chi connectivity index (χ2n) is 5.28. The fourth-order valence-electron chi connectivity index (χ4n) is 2.46. The van der Waals surface area contributed by atoms with Crippen LogP contribution < -0.4 is 5.32 Å². The van der Waals surface area contributed by atoms with E-state index in [1.54, 1.807) is 0 Å². The Kier molecular flexibility index (Phi) is 3.13. The zero-order valence-corrected chi connectivity index (χ0v) is 9.26. The van der Waals surface area contributed by atoms with E-state index in [2.05, 4.69) is 12.2 Å². The molecule has 2 aliphatic carbocycles. The lowest BCUT2D eigenvalue weighted by Gasteiger charge is -2.19. The molecule has 0 bridgehead atoms. The van der Waals surface area contributed by atoms with Gasteiger partial charge in [-0.15, -0.1) is 0 Å². The van der Waals surface area contributed by atoms with Crippen LogP contribution in [0.15, 0.2) is 0 Å². The Morgan fingerprint density at radius 1 is 1.43 bits per heavy atom. The summed E-state index contributed by atoms with van der Waals surface area (Å²) in [6.45, 7) is 3.79. The van der Waals surface area contributed by atoms with E-state index in [4.69, 9.17) is 5.11 Å². The van der Waals surface area contributed by atoms with E-state index in [0.717, 1.165) is 18.8 Å². The number of nitrogens with one attached hydrogen (secondary N) is 1. The number of rotatable bonds is 7. The van der Waals surface area contributed by atoms with E-state index in [1.165, 1.54) is 32.2 Å². The van der Waals surface area contributed by atoms with Gasteiger partial charge in [-0.25, -0.2) is 0 Å². The third-order valence-corrected chi connectivity index (χ3v) is 3.93. The van der Waals surface area contributed by atoms with Crippen LogP contribution in [0.4, 0.5) is 0 Å². The smallest absolute Gasteiger partial charge is 0.0431 e. The summed E-state index contributed by atoms with van der Waals surface area (Å²) in [4.78, 5) is 0. The molecular formula is C12H23NO. The molecule has 0 amide bonds. The molecule has 1 atom stereocenters. The van der Waals surface area contributed by atoms with Crippen LogP contribution in [0.25, 0.3) is 0 Å². The minimum atomic E-state index is 0.333. The molecule has 0 aromatic heterocycles. The topological polar surface area (TPSA) is 32.3 Å². The van der Waals surface area contributed by atoms with Crippen molar-refractivity contribution in [2.45, 2.75) is 51.5 Å². The first-order chi connectivity index (χ1) is 6.77. The molecule has 0 aliphatic heterocycles. The van der Waals surface area contributed by atoms with Crippen LogP contribution in [0.1, 0.15) is 45.4 Å². The third kappa shape index (κ3) is 2.48. The summed E-state index contributed by atoms with van der Waals surface area (Å²) in [6.07, 6.45) is 7.91. The molecule has 0 saturated heterocycles. The summed E-state index contributed by atoms with van der Waals surface area (Å²) in [5.41, 5.74) is 0.716. The van der Waals surface area contributed by atoms with Gasteiger partial charge in [0.05, 0.1) is 0 Å². The largest absolute Gasteiger partial charge is 0.396 e. The molecule has 0 aromatic rings. The second kappa shape index (κ2) is 4.19. The van der Waals surface area contributed by atoms with E-state index in [1.807, 2.05) is 0 Å². The van der Waals surface area contributed by atoms with Crippen molar-refractivity contribution in [3.05, 3.63) is 0 Å². The highest BCUT2D eigenvalue weighted by molar-refractivity contribution is 5.05. The fourth-order valence-corrected chi connectivity index (χ4v) is 2.46. The first-order valence-corrected chi connectivity index (χ1v) is 6.11. The van der Waals surface area contributed by atoms with Gasteiger partial charge in [0.2, 0.25) is 0 Å². The molecule has 0 radical (unpaired) electrons. The summed E-state index contributed by atoms with van der Waals surface area (Å²) in [5, 5.41) is 12.4. The lowest BCUT2D eigenvalue weighted by Crippen LogP contribution is -2.33. The van der Waals surface area contributed by atoms with Crippen LogP contribution in [0, 0.1) is 11.3 Å². The standard InChI is InChI=1S/C12H23NO/c1-10(3-2-8-14)13-9-12(6-7-12)11-4-5-11/h10-11,13-14H,2-9H2,1H3. The van der Waals surface area contributed by atoms with Gasteiger partial charge in [0.1, 0.15) is 0 Å². The van der Waals surface area contributed by atoms with Crippen LogP contribution >= 0.6 is 0 Å². The van der Waals surface area contributed by atoms with Gasteiger partial charge in [0.25, 0.3) is 0 Å². The first-order valence-electron chi connectivity index (χ1n) is 6.11. The zero-order chi connectivity index (χ0) is 10.0. The van der Waals surface area contributed by atoms with Crippen LogP contribution in [0.3, 0.4) is 0 Å². The summed E-state index contributed by atoms with van der Waals surface area (Å²) >= 11 is 0. The average molecular weight is 197 g/mol. The molecular weight excluding hydrogens is 174 g/mol. The Balaban J connectivity index is 1.61. The Morgan fingerprint density at radius 2 is 2.14 bits per heavy atom. The van der Waals surface area contributed by atoms with Gasteiger partial charge in [-0.1, -0.05) is 0 Å². The van der Waals surface area contributed by atoms with Gasteiger partial charge in [-0.3, -0.25) is 0 Å². The molecule has 82 valence electrons. The van der Waals surface area contributed by atoms with Crippen LogP contribution in [-0.2, 0) is 0 Å². The van der Waals surface area contributed by atoms with Gasteiger partial charge in [-0.05, 0) is 56.8 Å². The maximum atomic E-state index is 8.73. The van der Waals surface area contributed by atoms with E-state index in [9.17, 15) is 0 Å². The monoisotopic (exact) mass is 197 g/mol. The van der Waals surface area contributed by atoms with Crippen LogP contribution in [0.2, 0.25) is 0 Å². The zero-order valence-electron chi connectivity index (χ0n) is 9.26. The molecule has 2 aliphatic rings. The number of aliphatic hydroxyl groups excluding tert-OH is 1. The van der Waals surface area contributed by atoms with Crippen molar-refractivity contribution in [3.8, 4) is 0 Å². The van der Waals surface area contributed by atoms with Gasteiger partial charge < -0.3 is 10.4 Å².